The second-order valence-corrected chi connectivity index (χ2v) is 6.52. The zero-order chi connectivity index (χ0) is 18.5. The third kappa shape index (κ3) is 4.48. The van der Waals surface area contributed by atoms with Crippen LogP contribution in [-0.4, -0.2) is 23.0 Å². The van der Waals surface area contributed by atoms with Gasteiger partial charge in [0.05, 0.1) is 6.42 Å². The van der Waals surface area contributed by atoms with E-state index in [9.17, 15) is 14.7 Å². The Balaban J connectivity index is 1.78. The van der Waals surface area contributed by atoms with E-state index in [1.54, 1.807) is 6.07 Å². The number of carboxylic acids is 1. The molecule has 3 aromatic carbocycles. The Labute approximate surface area is 152 Å². The van der Waals surface area contributed by atoms with Crippen LogP contribution in [0.15, 0.2) is 66.7 Å². The van der Waals surface area contributed by atoms with Crippen LogP contribution in [0.2, 0.25) is 0 Å². The smallest absolute Gasteiger partial charge is 0.305 e. The first-order chi connectivity index (χ1) is 12.5. The van der Waals surface area contributed by atoms with Gasteiger partial charge in [-0.2, -0.15) is 0 Å². The molecule has 3 aromatic rings. The topological polar surface area (TPSA) is 66.4 Å². The minimum atomic E-state index is -0.929. The molecular weight excluding hydrogens is 326 g/mol. The molecule has 1 unspecified atom stereocenters. The largest absolute Gasteiger partial charge is 0.481 e. The van der Waals surface area contributed by atoms with Crippen molar-refractivity contribution in [1.29, 1.82) is 0 Å². The van der Waals surface area contributed by atoms with E-state index in [1.807, 2.05) is 67.6 Å². The van der Waals surface area contributed by atoms with Gasteiger partial charge in [-0.25, -0.2) is 0 Å². The van der Waals surface area contributed by atoms with Crippen molar-refractivity contribution in [3.63, 3.8) is 0 Å². The third-order valence-corrected chi connectivity index (χ3v) is 4.33. The number of rotatable bonds is 6. The molecule has 26 heavy (non-hydrogen) atoms. The van der Waals surface area contributed by atoms with Crippen molar-refractivity contribution >= 4 is 22.6 Å². The zero-order valence-corrected chi connectivity index (χ0v) is 14.6. The van der Waals surface area contributed by atoms with E-state index in [0.29, 0.717) is 12.0 Å². The van der Waals surface area contributed by atoms with Crippen molar-refractivity contribution in [2.24, 2.45) is 0 Å². The molecule has 0 aliphatic rings. The number of hydrogen-bond acceptors (Lipinski definition) is 2. The lowest BCUT2D eigenvalue weighted by Crippen LogP contribution is -2.38. The summed E-state index contributed by atoms with van der Waals surface area (Å²) in [7, 11) is 0. The van der Waals surface area contributed by atoms with Crippen LogP contribution >= 0.6 is 0 Å². The maximum atomic E-state index is 12.6. The van der Waals surface area contributed by atoms with Crippen LogP contribution in [0.3, 0.4) is 0 Å². The molecule has 0 heterocycles. The molecule has 0 aromatic heterocycles. The zero-order valence-electron chi connectivity index (χ0n) is 14.6. The van der Waals surface area contributed by atoms with Gasteiger partial charge < -0.3 is 10.4 Å². The van der Waals surface area contributed by atoms with Gasteiger partial charge in [-0.15, -0.1) is 0 Å². The van der Waals surface area contributed by atoms with E-state index in [-0.39, 0.29) is 12.3 Å². The van der Waals surface area contributed by atoms with E-state index < -0.39 is 12.0 Å². The van der Waals surface area contributed by atoms with Gasteiger partial charge in [-0.3, -0.25) is 9.59 Å². The number of amides is 1. The summed E-state index contributed by atoms with van der Waals surface area (Å²) in [6.07, 6.45) is 0.362. The molecule has 0 fully saturated rings. The summed E-state index contributed by atoms with van der Waals surface area (Å²) in [5.74, 6) is -1.18. The van der Waals surface area contributed by atoms with Gasteiger partial charge in [-0.1, -0.05) is 60.2 Å². The monoisotopic (exact) mass is 347 g/mol. The number of aryl methyl sites for hydroxylation is 1. The summed E-state index contributed by atoms with van der Waals surface area (Å²) in [5.41, 5.74) is 2.65. The Morgan fingerprint density at radius 3 is 2.46 bits per heavy atom. The van der Waals surface area contributed by atoms with Crippen LogP contribution in [-0.2, 0) is 11.2 Å². The van der Waals surface area contributed by atoms with Gasteiger partial charge in [0.2, 0.25) is 0 Å². The second-order valence-electron chi connectivity index (χ2n) is 6.52. The maximum Gasteiger partial charge on any atom is 0.305 e. The summed E-state index contributed by atoms with van der Waals surface area (Å²) in [6.45, 7) is 1.99. The first kappa shape index (κ1) is 17.7. The van der Waals surface area contributed by atoms with Crippen molar-refractivity contribution in [3.05, 3.63) is 83.4 Å². The van der Waals surface area contributed by atoms with E-state index >= 15 is 0 Å². The summed E-state index contributed by atoms with van der Waals surface area (Å²) in [6, 6.07) is 20.7. The molecular formula is C22H21NO3. The highest BCUT2D eigenvalue weighted by Gasteiger charge is 2.18. The van der Waals surface area contributed by atoms with Crippen LogP contribution in [0.1, 0.15) is 27.9 Å². The minimum absolute atomic E-state index is 0.118. The van der Waals surface area contributed by atoms with Crippen LogP contribution in [0.5, 0.6) is 0 Å². The Hall–Kier alpha value is -3.14. The fourth-order valence-electron chi connectivity index (χ4n) is 3.11. The van der Waals surface area contributed by atoms with Gasteiger partial charge in [0.1, 0.15) is 0 Å². The Bertz CT molecular complexity index is 949. The molecule has 0 spiro atoms. The van der Waals surface area contributed by atoms with Gasteiger partial charge in [0.25, 0.3) is 5.91 Å². The summed E-state index contributed by atoms with van der Waals surface area (Å²) in [5, 5.41) is 14.1. The van der Waals surface area contributed by atoms with Gasteiger partial charge in [0, 0.05) is 11.6 Å². The predicted molar refractivity (Wildman–Crippen MR) is 102 cm³/mol. The van der Waals surface area contributed by atoms with Crippen molar-refractivity contribution in [3.8, 4) is 0 Å². The highest BCUT2D eigenvalue weighted by molar-refractivity contribution is 5.98. The lowest BCUT2D eigenvalue weighted by molar-refractivity contribution is -0.137. The molecule has 0 saturated heterocycles. The van der Waals surface area contributed by atoms with Gasteiger partial charge in [-0.05, 0) is 41.8 Å². The Morgan fingerprint density at radius 2 is 1.73 bits per heavy atom. The number of nitrogens with one attached hydrogen (secondary N) is 1. The maximum absolute atomic E-state index is 12.6. The van der Waals surface area contributed by atoms with Crippen LogP contribution in [0.25, 0.3) is 10.8 Å². The lowest BCUT2D eigenvalue weighted by atomic mass is 10.0. The number of benzene rings is 3. The van der Waals surface area contributed by atoms with E-state index in [2.05, 4.69) is 5.32 Å². The first-order valence-corrected chi connectivity index (χ1v) is 8.58. The highest BCUT2D eigenvalue weighted by Crippen LogP contribution is 2.16. The third-order valence-electron chi connectivity index (χ3n) is 4.33. The van der Waals surface area contributed by atoms with Crippen molar-refractivity contribution < 1.29 is 14.7 Å². The SMILES string of the molecule is Cc1cccc(CC(CC(=O)O)NC(=O)c2ccc3ccccc3c2)c1. The average Bonchev–Trinajstić information content (AvgIpc) is 2.60. The first-order valence-electron chi connectivity index (χ1n) is 8.58. The van der Waals surface area contributed by atoms with Gasteiger partial charge in [0.15, 0.2) is 0 Å². The summed E-state index contributed by atoms with van der Waals surface area (Å²) < 4.78 is 0. The number of carbonyl (C=O) groups excluding carboxylic acids is 1. The highest BCUT2D eigenvalue weighted by atomic mass is 16.4. The molecule has 0 saturated carbocycles. The van der Waals surface area contributed by atoms with E-state index in [1.165, 1.54) is 0 Å². The number of fused-ring (bicyclic) bond motifs is 1. The molecule has 4 heteroatoms. The van der Waals surface area contributed by atoms with Crippen molar-refractivity contribution in [2.45, 2.75) is 25.8 Å². The number of hydrogen-bond donors (Lipinski definition) is 2. The van der Waals surface area contributed by atoms with Crippen molar-refractivity contribution in [1.82, 2.24) is 5.32 Å². The van der Waals surface area contributed by atoms with Crippen molar-refractivity contribution in [2.75, 3.05) is 0 Å². The molecule has 0 bridgehead atoms. The quantitative estimate of drug-likeness (QED) is 0.709. The molecule has 4 nitrogen and oxygen atoms in total. The van der Waals surface area contributed by atoms with Crippen LogP contribution in [0, 0.1) is 6.92 Å². The molecule has 0 radical (unpaired) electrons. The Morgan fingerprint density at radius 1 is 0.962 bits per heavy atom. The predicted octanol–water partition coefficient (Wildman–Crippen LogP) is 3.96. The normalized spacial score (nSPS) is 11.9. The minimum Gasteiger partial charge on any atom is -0.481 e. The van der Waals surface area contributed by atoms with Gasteiger partial charge >= 0.3 is 5.97 Å². The van der Waals surface area contributed by atoms with Crippen LogP contribution in [0.4, 0.5) is 0 Å². The van der Waals surface area contributed by atoms with E-state index in [0.717, 1.165) is 21.9 Å². The standard InChI is InChI=1S/C22H21NO3/c1-15-5-4-6-16(11-15)12-20(14-21(24)25)23-22(26)19-10-9-17-7-2-3-8-18(17)13-19/h2-11,13,20H,12,14H2,1H3,(H,23,26)(H,24,25). The molecule has 1 atom stereocenters. The Kier molecular flexibility index (Phi) is 5.32. The number of carbonyl (C=O) groups is 2. The lowest BCUT2D eigenvalue weighted by Gasteiger charge is -2.17. The molecule has 1 amide bonds. The summed E-state index contributed by atoms with van der Waals surface area (Å²) in [4.78, 5) is 23.8. The fourth-order valence-corrected chi connectivity index (χ4v) is 3.11. The number of carboxylic acid groups (broad SMARTS) is 1. The molecule has 0 aliphatic heterocycles. The molecule has 2 N–H and O–H groups in total. The van der Waals surface area contributed by atoms with E-state index in [4.69, 9.17) is 0 Å². The summed E-state index contributed by atoms with van der Waals surface area (Å²) >= 11 is 0. The molecule has 3 rings (SSSR count). The fraction of sp³-hybridized carbons (Fsp3) is 0.182. The van der Waals surface area contributed by atoms with Crippen LogP contribution < -0.4 is 5.32 Å². The second kappa shape index (κ2) is 7.83. The average molecular weight is 347 g/mol. The molecule has 132 valence electrons. The number of aliphatic carboxylic acids is 1. The molecule has 0 aliphatic carbocycles.